The van der Waals surface area contributed by atoms with Gasteiger partial charge in [-0.25, -0.2) is 4.39 Å². The number of carbonyl (C=O) groups is 3. The number of anilines is 2. The van der Waals surface area contributed by atoms with Gasteiger partial charge in [0, 0.05) is 29.0 Å². The highest BCUT2D eigenvalue weighted by atomic mass is 19.1. The molecule has 1 saturated heterocycles. The molecule has 230 valence electrons. The summed E-state index contributed by atoms with van der Waals surface area (Å²) in [7, 11) is 0. The molecule has 4 atom stereocenters. The van der Waals surface area contributed by atoms with Crippen LogP contribution in [0.5, 0.6) is 0 Å². The third-order valence-corrected chi connectivity index (χ3v) is 10.8. The summed E-state index contributed by atoms with van der Waals surface area (Å²) in [5.41, 5.74) is 2.36. The third kappa shape index (κ3) is 3.55. The minimum atomic E-state index is -1.67. The summed E-state index contributed by atoms with van der Waals surface area (Å²) in [5.74, 6) is -2.70. The number of nitrogens with zero attached hydrogens (tertiary/aromatic N) is 2. The van der Waals surface area contributed by atoms with Gasteiger partial charge in [0.25, 0.3) is 5.91 Å². The quantitative estimate of drug-likeness (QED) is 0.231. The lowest BCUT2D eigenvalue weighted by Gasteiger charge is -2.42. The van der Waals surface area contributed by atoms with Gasteiger partial charge < -0.3 is 10.2 Å². The van der Waals surface area contributed by atoms with E-state index >= 15 is 14.0 Å². The first-order valence-electron chi connectivity index (χ1n) is 16.0. The van der Waals surface area contributed by atoms with Crippen LogP contribution >= 0.6 is 0 Å². The Hall–Kier alpha value is -5.40. The fourth-order valence-corrected chi connectivity index (χ4v) is 9.07. The predicted molar refractivity (Wildman–Crippen MR) is 176 cm³/mol. The number of hydrogen-bond donors (Lipinski definition) is 1. The molecule has 4 aliphatic rings. The number of ketones is 1. The average molecular weight is 620 g/mol. The van der Waals surface area contributed by atoms with Crippen LogP contribution in [0.1, 0.15) is 44.2 Å². The second kappa shape index (κ2) is 10.0. The number of amides is 2. The van der Waals surface area contributed by atoms with Gasteiger partial charge in [0.1, 0.15) is 16.8 Å². The second-order valence-electron chi connectivity index (χ2n) is 12.9. The van der Waals surface area contributed by atoms with Crippen molar-refractivity contribution in [3.05, 3.63) is 167 Å². The van der Waals surface area contributed by atoms with Crippen molar-refractivity contribution in [2.45, 2.75) is 30.0 Å². The lowest BCUT2D eigenvalue weighted by atomic mass is 9.59. The molecular weight excluding hydrogens is 589 g/mol. The van der Waals surface area contributed by atoms with Gasteiger partial charge in [0.2, 0.25) is 5.91 Å². The summed E-state index contributed by atoms with van der Waals surface area (Å²) >= 11 is 0. The van der Waals surface area contributed by atoms with Gasteiger partial charge in [-0.3, -0.25) is 19.3 Å². The molecule has 2 spiro atoms. The molecule has 1 fully saturated rings. The van der Waals surface area contributed by atoms with Crippen molar-refractivity contribution in [3.63, 3.8) is 0 Å². The van der Waals surface area contributed by atoms with Gasteiger partial charge in [-0.15, -0.1) is 0 Å². The summed E-state index contributed by atoms with van der Waals surface area (Å²) in [5, 5.41) is 3.12. The second-order valence-corrected chi connectivity index (χ2v) is 12.9. The highest BCUT2D eigenvalue weighted by Crippen LogP contribution is 2.70. The molecule has 0 saturated carbocycles. The normalized spacial score (nSPS) is 25.4. The lowest BCUT2D eigenvalue weighted by molar-refractivity contribution is -0.131. The summed E-state index contributed by atoms with van der Waals surface area (Å²) < 4.78 is 15.6. The van der Waals surface area contributed by atoms with Gasteiger partial charge in [0.05, 0.1) is 18.5 Å². The van der Waals surface area contributed by atoms with E-state index in [0.717, 1.165) is 16.7 Å². The van der Waals surface area contributed by atoms with Crippen molar-refractivity contribution < 1.29 is 18.8 Å². The number of benzene rings is 5. The van der Waals surface area contributed by atoms with Crippen LogP contribution in [0.2, 0.25) is 0 Å². The van der Waals surface area contributed by atoms with E-state index in [0.29, 0.717) is 41.0 Å². The Morgan fingerprint density at radius 1 is 0.809 bits per heavy atom. The third-order valence-electron chi connectivity index (χ3n) is 10.8. The molecule has 5 aromatic carbocycles. The van der Waals surface area contributed by atoms with E-state index in [1.54, 1.807) is 35.2 Å². The standard InChI is InChI=1S/C40H30FN3O3/c41-28-19-20-33-31(23-28)40(38(47)43(33)24-25-11-3-1-4-12-25)35(34(45)27-14-5-2-6-15-27)39(30-17-9-10-18-32(30)42-37(39)46)36-29-16-8-7-13-26(29)21-22-44(36)40/h1-20,23,35-36H,21-22,24H2,(H,42,46)/t35-,36-,39-,40-/m1/s1. The topological polar surface area (TPSA) is 69.7 Å². The van der Waals surface area contributed by atoms with Gasteiger partial charge in [0.15, 0.2) is 5.78 Å². The zero-order valence-electron chi connectivity index (χ0n) is 25.4. The van der Waals surface area contributed by atoms with Crippen LogP contribution in [0.15, 0.2) is 127 Å². The number of para-hydroxylation sites is 1. The molecule has 7 heteroatoms. The van der Waals surface area contributed by atoms with E-state index in [4.69, 9.17) is 0 Å². The van der Waals surface area contributed by atoms with E-state index in [-0.39, 0.29) is 24.1 Å². The number of fused-ring (bicyclic) bond motifs is 9. The average Bonchev–Trinajstić information content (AvgIpc) is 3.65. The molecule has 0 bridgehead atoms. The number of nitrogens with one attached hydrogen (secondary N) is 1. The molecule has 5 aromatic rings. The maximum atomic E-state index is 15.7. The molecule has 4 heterocycles. The van der Waals surface area contributed by atoms with Gasteiger partial charge in [-0.05, 0) is 52.9 Å². The Kier molecular flexibility index (Phi) is 5.96. The Morgan fingerprint density at radius 2 is 1.51 bits per heavy atom. The first-order valence-corrected chi connectivity index (χ1v) is 16.0. The Morgan fingerprint density at radius 3 is 2.32 bits per heavy atom. The molecule has 0 radical (unpaired) electrons. The van der Waals surface area contributed by atoms with Gasteiger partial charge >= 0.3 is 0 Å². The zero-order chi connectivity index (χ0) is 31.9. The van der Waals surface area contributed by atoms with E-state index in [1.807, 2.05) is 78.9 Å². The van der Waals surface area contributed by atoms with Crippen molar-refractivity contribution in [1.82, 2.24) is 4.90 Å². The van der Waals surface area contributed by atoms with Crippen LogP contribution in [0.25, 0.3) is 0 Å². The van der Waals surface area contributed by atoms with Crippen molar-refractivity contribution in [2.75, 3.05) is 16.8 Å². The molecule has 4 aliphatic heterocycles. The van der Waals surface area contributed by atoms with E-state index in [1.165, 1.54) is 12.1 Å². The minimum absolute atomic E-state index is 0.233. The van der Waals surface area contributed by atoms with E-state index < -0.39 is 28.7 Å². The molecule has 0 unspecified atom stereocenters. The van der Waals surface area contributed by atoms with Crippen molar-refractivity contribution in [2.24, 2.45) is 5.92 Å². The van der Waals surface area contributed by atoms with Crippen LogP contribution in [0.3, 0.4) is 0 Å². The number of halogens is 1. The van der Waals surface area contributed by atoms with Gasteiger partial charge in [-0.1, -0.05) is 103 Å². The maximum absolute atomic E-state index is 15.7. The summed E-state index contributed by atoms with van der Waals surface area (Å²) in [6, 6.07) is 37.8. The summed E-state index contributed by atoms with van der Waals surface area (Å²) in [6.45, 7) is 0.634. The maximum Gasteiger partial charge on any atom is 0.253 e. The smallest absolute Gasteiger partial charge is 0.253 e. The largest absolute Gasteiger partial charge is 0.325 e. The van der Waals surface area contributed by atoms with E-state index in [2.05, 4.69) is 16.3 Å². The molecule has 47 heavy (non-hydrogen) atoms. The van der Waals surface area contributed by atoms with E-state index in [9.17, 15) is 4.79 Å². The molecule has 9 rings (SSSR count). The van der Waals surface area contributed by atoms with Crippen molar-refractivity contribution in [3.8, 4) is 0 Å². The highest BCUT2D eigenvalue weighted by Gasteiger charge is 2.79. The highest BCUT2D eigenvalue weighted by molar-refractivity contribution is 6.19. The molecule has 0 aromatic heterocycles. The Labute approximate surface area is 271 Å². The number of carbonyl (C=O) groups excluding carboxylic acids is 3. The first kappa shape index (κ1) is 27.9. The number of hydrogen-bond acceptors (Lipinski definition) is 4. The van der Waals surface area contributed by atoms with Crippen molar-refractivity contribution >= 4 is 29.0 Å². The summed E-state index contributed by atoms with van der Waals surface area (Å²) in [4.78, 5) is 49.8. The predicted octanol–water partition coefficient (Wildman–Crippen LogP) is 6.57. The van der Waals surface area contributed by atoms with Crippen molar-refractivity contribution in [1.29, 1.82) is 0 Å². The molecule has 0 aliphatic carbocycles. The van der Waals surface area contributed by atoms with Crippen LogP contribution in [-0.2, 0) is 33.5 Å². The molecule has 6 nitrogen and oxygen atoms in total. The van der Waals surface area contributed by atoms with Crippen LogP contribution < -0.4 is 10.2 Å². The fourth-order valence-electron chi connectivity index (χ4n) is 9.07. The van der Waals surface area contributed by atoms with Gasteiger partial charge in [-0.2, -0.15) is 0 Å². The first-order chi connectivity index (χ1) is 23.0. The molecular formula is C40H30FN3O3. The SMILES string of the molecule is O=C(c1ccccc1)[C@@H]1[C@@]2(C(=O)Nc3ccccc32)[C@H]2c3ccccc3CCN2[C@@]12C(=O)N(Cc1ccccc1)c1ccc(F)cc12. The van der Waals surface area contributed by atoms with Crippen LogP contribution in [-0.4, -0.2) is 29.0 Å². The monoisotopic (exact) mass is 619 g/mol. The molecule has 1 N–H and O–H groups in total. The molecule has 2 amide bonds. The lowest BCUT2D eigenvalue weighted by Crippen LogP contribution is -2.57. The Bertz CT molecular complexity index is 2120. The zero-order valence-corrected chi connectivity index (χ0v) is 25.4. The Balaban J connectivity index is 1.41. The van der Waals surface area contributed by atoms with Crippen LogP contribution in [0.4, 0.5) is 15.8 Å². The van der Waals surface area contributed by atoms with Crippen LogP contribution in [0, 0.1) is 11.7 Å². The number of rotatable bonds is 4. The summed E-state index contributed by atoms with van der Waals surface area (Å²) in [6.07, 6.45) is 0.608. The number of Topliss-reactive ketones (excluding diaryl/α,β-unsaturated/α-hetero) is 1. The fraction of sp³-hybridized carbons (Fsp3) is 0.175. The minimum Gasteiger partial charge on any atom is -0.325 e.